The number of carbonyl (C=O) groups excluding carboxylic acids is 1. The third-order valence-corrected chi connectivity index (χ3v) is 1.43. The molecule has 0 aromatic heterocycles. The second-order valence-corrected chi connectivity index (χ2v) is 2.23. The van der Waals surface area contributed by atoms with E-state index in [1.54, 1.807) is 0 Å². The first-order chi connectivity index (χ1) is 4.24. The zero-order chi connectivity index (χ0) is 6.85. The number of hydrogen-bond donors (Lipinski definition) is 0. The molecule has 1 rings (SSSR count). The van der Waals surface area contributed by atoms with Crippen molar-refractivity contribution in [1.29, 1.82) is 0 Å². The van der Waals surface area contributed by atoms with Crippen LogP contribution in [0.2, 0.25) is 0 Å². The van der Waals surface area contributed by atoms with Gasteiger partial charge in [0.25, 0.3) is 0 Å². The molecule has 1 unspecified atom stereocenters. The van der Waals surface area contributed by atoms with Crippen LogP contribution in [0.25, 0.3) is 0 Å². The summed E-state index contributed by atoms with van der Waals surface area (Å²) in [5, 5.41) is 0. The van der Waals surface area contributed by atoms with Gasteiger partial charge in [0.05, 0.1) is 0 Å². The van der Waals surface area contributed by atoms with Crippen LogP contribution in [0, 0.1) is 0 Å². The molecule has 0 saturated carbocycles. The molecule has 1 heterocycles. The van der Waals surface area contributed by atoms with Gasteiger partial charge in [-0.05, 0) is 13.8 Å². The Morgan fingerprint density at radius 1 is 1.78 bits per heavy atom. The molecule has 0 aromatic rings. The summed E-state index contributed by atoms with van der Waals surface area (Å²) in [6.07, 6.45) is 2.67. The molecule has 1 atom stereocenters. The van der Waals surface area contributed by atoms with E-state index in [1.807, 2.05) is 19.9 Å². The first kappa shape index (κ1) is 6.33. The van der Waals surface area contributed by atoms with Crippen molar-refractivity contribution < 1.29 is 9.53 Å². The lowest BCUT2D eigenvalue weighted by Gasteiger charge is -1.94. The van der Waals surface area contributed by atoms with Crippen LogP contribution in [0.4, 0.5) is 0 Å². The Labute approximate surface area is 54.5 Å². The second-order valence-electron chi connectivity index (χ2n) is 2.23. The maximum Gasteiger partial charge on any atom is 0.334 e. The molecular formula is C7H10O2. The van der Waals surface area contributed by atoms with Crippen LogP contribution >= 0.6 is 0 Å². The number of cyclic esters (lactones) is 1. The van der Waals surface area contributed by atoms with E-state index in [9.17, 15) is 4.79 Å². The number of rotatable bonds is 0. The van der Waals surface area contributed by atoms with Gasteiger partial charge in [-0.2, -0.15) is 0 Å². The molecule has 50 valence electrons. The molecular weight excluding hydrogens is 116 g/mol. The highest BCUT2D eigenvalue weighted by Gasteiger charge is 2.23. The molecule has 2 nitrogen and oxygen atoms in total. The van der Waals surface area contributed by atoms with Crippen LogP contribution in [0.5, 0.6) is 0 Å². The van der Waals surface area contributed by atoms with Crippen molar-refractivity contribution in [2.24, 2.45) is 0 Å². The third kappa shape index (κ3) is 1.12. The summed E-state index contributed by atoms with van der Waals surface area (Å²) in [6.45, 7) is 3.75. The predicted molar refractivity (Wildman–Crippen MR) is 33.9 cm³/mol. The van der Waals surface area contributed by atoms with Gasteiger partial charge in [-0.25, -0.2) is 4.79 Å². The standard InChI is InChI=1S/C7H10O2/c1-3-6-4-5(2)9-7(6)8/h3,5H,4H2,1-2H3/b6-3+. The fraction of sp³-hybridized carbons (Fsp3) is 0.571. The molecule has 9 heavy (non-hydrogen) atoms. The van der Waals surface area contributed by atoms with Crippen LogP contribution in [0.15, 0.2) is 11.6 Å². The molecule has 1 fully saturated rings. The van der Waals surface area contributed by atoms with E-state index in [2.05, 4.69) is 0 Å². The molecule has 1 saturated heterocycles. The number of hydrogen-bond acceptors (Lipinski definition) is 2. The van der Waals surface area contributed by atoms with E-state index in [4.69, 9.17) is 4.74 Å². The van der Waals surface area contributed by atoms with Gasteiger partial charge in [-0.3, -0.25) is 0 Å². The lowest BCUT2D eigenvalue weighted by atomic mass is 10.2. The average Bonchev–Trinajstić information content (AvgIpc) is 2.10. The minimum Gasteiger partial charge on any atom is -0.459 e. The summed E-state index contributed by atoms with van der Waals surface area (Å²) < 4.78 is 4.86. The highest BCUT2D eigenvalue weighted by atomic mass is 16.5. The van der Waals surface area contributed by atoms with Gasteiger partial charge in [0.2, 0.25) is 0 Å². The SMILES string of the molecule is C/C=C1\CC(C)OC1=O. The average molecular weight is 126 g/mol. The van der Waals surface area contributed by atoms with Crippen LogP contribution in [0.1, 0.15) is 20.3 Å². The third-order valence-electron chi connectivity index (χ3n) is 1.43. The first-order valence-corrected chi connectivity index (χ1v) is 3.10. The number of ether oxygens (including phenoxy) is 1. The number of carbonyl (C=O) groups is 1. The maximum atomic E-state index is 10.7. The van der Waals surface area contributed by atoms with E-state index in [1.165, 1.54) is 0 Å². The van der Waals surface area contributed by atoms with E-state index in [-0.39, 0.29) is 12.1 Å². The predicted octanol–water partition coefficient (Wildman–Crippen LogP) is 1.27. The first-order valence-electron chi connectivity index (χ1n) is 3.10. The summed E-state index contributed by atoms with van der Waals surface area (Å²) in [6, 6.07) is 0. The fourth-order valence-corrected chi connectivity index (χ4v) is 0.929. The Morgan fingerprint density at radius 2 is 2.44 bits per heavy atom. The molecule has 0 amide bonds. The zero-order valence-electron chi connectivity index (χ0n) is 5.68. The molecule has 0 N–H and O–H groups in total. The summed E-state index contributed by atoms with van der Waals surface area (Å²) in [7, 11) is 0. The van der Waals surface area contributed by atoms with E-state index in [0.29, 0.717) is 0 Å². The minimum absolute atomic E-state index is 0.0868. The summed E-state index contributed by atoms with van der Waals surface area (Å²) in [4.78, 5) is 10.7. The van der Waals surface area contributed by atoms with Crippen LogP contribution in [0.3, 0.4) is 0 Å². The Balaban J connectivity index is 2.70. The van der Waals surface area contributed by atoms with Crippen molar-refractivity contribution in [3.8, 4) is 0 Å². The maximum absolute atomic E-state index is 10.7. The molecule has 0 bridgehead atoms. The normalized spacial score (nSPS) is 31.1. The van der Waals surface area contributed by atoms with Crippen LogP contribution in [-0.4, -0.2) is 12.1 Å². The van der Waals surface area contributed by atoms with Gasteiger partial charge in [-0.1, -0.05) is 6.08 Å². The van der Waals surface area contributed by atoms with Crippen LogP contribution in [-0.2, 0) is 9.53 Å². The second kappa shape index (κ2) is 2.21. The number of allylic oxidation sites excluding steroid dienone is 1. The Kier molecular flexibility index (Phi) is 1.56. The zero-order valence-corrected chi connectivity index (χ0v) is 5.68. The van der Waals surface area contributed by atoms with Gasteiger partial charge in [0.1, 0.15) is 6.10 Å². The molecule has 1 aliphatic rings. The Hall–Kier alpha value is -0.790. The van der Waals surface area contributed by atoms with Gasteiger partial charge in [0.15, 0.2) is 0 Å². The molecule has 0 spiro atoms. The van der Waals surface area contributed by atoms with Crippen molar-refractivity contribution in [2.45, 2.75) is 26.4 Å². The van der Waals surface area contributed by atoms with Crippen LogP contribution < -0.4 is 0 Å². The summed E-state index contributed by atoms with van der Waals surface area (Å²) >= 11 is 0. The topological polar surface area (TPSA) is 26.3 Å². The van der Waals surface area contributed by atoms with Gasteiger partial charge in [0, 0.05) is 12.0 Å². The fourth-order valence-electron chi connectivity index (χ4n) is 0.929. The van der Waals surface area contributed by atoms with Crippen molar-refractivity contribution in [3.63, 3.8) is 0 Å². The van der Waals surface area contributed by atoms with Gasteiger partial charge in [-0.15, -0.1) is 0 Å². The molecule has 1 aliphatic heterocycles. The Bertz CT molecular complexity index is 158. The molecule has 0 radical (unpaired) electrons. The van der Waals surface area contributed by atoms with E-state index < -0.39 is 0 Å². The Morgan fingerprint density at radius 3 is 2.67 bits per heavy atom. The smallest absolute Gasteiger partial charge is 0.334 e. The molecule has 0 aromatic carbocycles. The summed E-state index contributed by atoms with van der Waals surface area (Å²) in [5.41, 5.74) is 0.808. The highest BCUT2D eigenvalue weighted by Crippen LogP contribution is 2.18. The lowest BCUT2D eigenvalue weighted by Crippen LogP contribution is -1.99. The van der Waals surface area contributed by atoms with Crippen molar-refractivity contribution >= 4 is 5.97 Å². The van der Waals surface area contributed by atoms with E-state index >= 15 is 0 Å². The largest absolute Gasteiger partial charge is 0.459 e. The van der Waals surface area contributed by atoms with Crippen molar-refractivity contribution in [2.75, 3.05) is 0 Å². The molecule has 0 aliphatic carbocycles. The summed E-state index contributed by atoms with van der Waals surface area (Å²) in [5.74, 6) is -0.148. The van der Waals surface area contributed by atoms with Gasteiger partial charge < -0.3 is 4.74 Å². The monoisotopic (exact) mass is 126 g/mol. The quantitative estimate of drug-likeness (QED) is 0.361. The highest BCUT2D eigenvalue weighted by molar-refractivity contribution is 5.90. The van der Waals surface area contributed by atoms with Gasteiger partial charge >= 0.3 is 5.97 Å². The minimum atomic E-state index is -0.148. The number of esters is 1. The lowest BCUT2D eigenvalue weighted by molar-refractivity contribution is -0.138. The van der Waals surface area contributed by atoms with E-state index in [0.717, 1.165) is 12.0 Å². The van der Waals surface area contributed by atoms with Crippen molar-refractivity contribution in [3.05, 3.63) is 11.6 Å². The molecule has 2 heteroatoms. The van der Waals surface area contributed by atoms with Crippen molar-refractivity contribution in [1.82, 2.24) is 0 Å².